The van der Waals surface area contributed by atoms with E-state index in [0.29, 0.717) is 34.4 Å². The molecule has 8 heteroatoms. The van der Waals surface area contributed by atoms with Crippen LogP contribution in [-0.2, 0) is 9.59 Å². The molecule has 2 N–H and O–H groups in total. The Hall–Kier alpha value is -3.42. The van der Waals surface area contributed by atoms with Crippen molar-refractivity contribution in [3.63, 3.8) is 0 Å². The Labute approximate surface area is 151 Å². The van der Waals surface area contributed by atoms with Gasteiger partial charge in [0.05, 0.1) is 28.4 Å². The molecule has 0 atom stereocenters. The van der Waals surface area contributed by atoms with Crippen LogP contribution in [0.5, 0.6) is 23.0 Å². The lowest BCUT2D eigenvalue weighted by molar-refractivity contribution is -0.133. The summed E-state index contributed by atoms with van der Waals surface area (Å²) in [4.78, 5) is 24.2. The number of ether oxygens (including phenoxy) is 4. The topological polar surface area (TPSA) is 95.1 Å². The SMILES string of the molecule is COc1ccc(NC(=O)C(=O)Nc2cc(OC)c(OC)c(OC)c2)cc1. The first-order chi connectivity index (χ1) is 12.5. The second kappa shape index (κ2) is 8.61. The van der Waals surface area contributed by atoms with E-state index in [2.05, 4.69) is 10.6 Å². The van der Waals surface area contributed by atoms with Crippen molar-refractivity contribution in [3.05, 3.63) is 36.4 Å². The van der Waals surface area contributed by atoms with Gasteiger partial charge in [-0.15, -0.1) is 0 Å². The van der Waals surface area contributed by atoms with Gasteiger partial charge in [-0.1, -0.05) is 0 Å². The first kappa shape index (κ1) is 18.9. The van der Waals surface area contributed by atoms with Crippen LogP contribution in [0.25, 0.3) is 0 Å². The van der Waals surface area contributed by atoms with Crippen molar-refractivity contribution in [2.45, 2.75) is 0 Å². The van der Waals surface area contributed by atoms with Crippen LogP contribution < -0.4 is 29.6 Å². The summed E-state index contributed by atoms with van der Waals surface area (Å²) in [5.41, 5.74) is 0.797. The van der Waals surface area contributed by atoms with Gasteiger partial charge in [-0.3, -0.25) is 9.59 Å². The lowest BCUT2D eigenvalue weighted by Crippen LogP contribution is -2.29. The van der Waals surface area contributed by atoms with E-state index in [9.17, 15) is 9.59 Å². The first-order valence-electron chi connectivity index (χ1n) is 7.58. The highest BCUT2D eigenvalue weighted by atomic mass is 16.5. The molecule has 26 heavy (non-hydrogen) atoms. The first-order valence-corrected chi connectivity index (χ1v) is 7.58. The van der Waals surface area contributed by atoms with Gasteiger partial charge >= 0.3 is 11.8 Å². The largest absolute Gasteiger partial charge is 0.497 e. The number of carbonyl (C=O) groups excluding carboxylic acids is 2. The van der Waals surface area contributed by atoms with Crippen LogP contribution in [0.15, 0.2) is 36.4 Å². The predicted molar refractivity (Wildman–Crippen MR) is 96.4 cm³/mol. The van der Waals surface area contributed by atoms with E-state index in [1.165, 1.54) is 33.5 Å². The number of carbonyl (C=O) groups is 2. The Kier molecular flexibility index (Phi) is 6.26. The lowest BCUT2D eigenvalue weighted by Gasteiger charge is -2.14. The van der Waals surface area contributed by atoms with Crippen LogP contribution in [0.4, 0.5) is 11.4 Å². The average Bonchev–Trinajstić information content (AvgIpc) is 2.67. The van der Waals surface area contributed by atoms with Gasteiger partial charge in [-0.25, -0.2) is 0 Å². The van der Waals surface area contributed by atoms with Crippen molar-refractivity contribution >= 4 is 23.2 Å². The maximum Gasteiger partial charge on any atom is 0.314 e. The molecule has 2 aromatic rings. The molecule has 0 saturated heterocycles. The standard InChI is InChI=1S/C18H20N2O6/c1-23-13-7-5-11(6-8-13)19-17(21)18(22)20-12-9-14(24-2)16(26-4)15(10-12)25-3/h5-10H,1-4H3,(H,19,21)(H,20,22). The zero-order valence-electron chi connectivity index (χ0n) is 14.9. The summed E-state index contributed by atoms with van der Waals surface area (Å²) in [5, 5.41) is 4.99. The Balaban J connectivity index is 2.11. The molecule has 2 rings (SSSR count). The Bertz CT molecular complexity index is 764. The van der Waals surface area contributed by atoms with Gasteiger partial charge in [0, 0.05) is 23.5 Å². The fraction of sp³-hybridized carbons (Fsp3) is 0.222. The van der Waals surface area contributed by atoms with Gasteiger partial charge in [0.1, 0.15) is 5.75 Å². The summed E-state index contributed by atoms with van der Waals surface area (Å²) in [7, 11) is 5.93. The fourth-order valence-electron chi connectivity index (χ4n) is 2.20. The van der Waals surface area contributed by atoms with Crippen LogP contribution in [0.2, 0.25) is 0 Å². The molecule has 0 aliphatic rings. The van der Waals surface area contributed by atoms with Gasteiger partial charge in [0.15, 0.2) is 11.5 Å². The summed E-state index contributed by atoms with van der Waals surface area (Å²) in [6, 6.07) is 9.66. The monoisotopic (exact) mass is 360 g/mol. The highest BCUT2D eigenvalue weighted by Gasteiger charge is 2.18. The minimum Gasteiger partial charge on any atom is -0.497 e. The Morgan fingerprint density at radius 3 is 1.62 bits per heavy atom. The quantitative estimate of drug-likeness (QED) is 0.768. The number of anilines is 2. The number of benzene rings is 2. The Morgan fingerprint density at radius 1 is 0.692 bits per heavy atom. The summed E-state index contributed by atoms with van der Waals surface area (Å²) in [5.74, 6) is 0.0926. The van der Waals surface area contributed by atoms with Gasteiger partial charge in [-0.05, 0) is 24.3 Å². The average molecular weight is 360 g/mol. The molecule has 0 bridgehead atoms. The zero-order valence-corrected chi connectivity index (χ0v) is 14.9. The third kappa shape index (κ3) is 4.35. The maximum atomic E-state index is 12.1. The second-order valence-electron chi connectivity index (χ2n) is 5.05. The Morgan fingerprint density at radius 2 is 1.19 bits per heavy atom. The zero-order chi connectivity index (χ0) is 19.1. The molecule has 0 radical (unpaired) electrons. The van der Waals surface area contributed by atoms with Crippen molar-refractivity contribution in [1.82, 2.24) is 0 Å². The molecule has 0 aliphatic heterocycles. The second-order valence-corrected chi connectivity index (χ2v) is 5.05. The van der Waals surface area contributed by atoms with Crippen LogP contribution >= 0.6 is 0 Å². The molecule has 0 saturated carbocycles. The molecule has 138 valence electrons. The van der Waals surface area contributed by atoms with E-state index >= 15 is 0 Å². The fourth-order valence-corrected chi connectivity index (χ4v) is 2.20. The summed E-state index contributed by atoms with van der Waals surface area (Å²) in [6.45, 7) is 0. The van der Waals surface area contributed by atoms with Gasteiger partial charge in [0.2, 0.25) is 5.75 Å². The maximum absolute atomic E-state index is 12.1. The molecule has 2 aromatic carbocycles. The number of hydrogen-bond donors (Lipinski definition) is 2. The van der Waals surface area contributed by atoms with E-state index < -0.39 is 11.8 Å². The van der Waals surface area contributed by atoms with Crippen molar-refractivity contribution in [2.24, 2.45) is 0 Å². The number of nitrogens with one attached hydrogen (secondary N) is 2. The van der Waals surface area contributed by atoms with E-state index in [4.69, 9.17) is 18.9 Å². The third-order valence-corrected chi connectivity index (χ3v) is 3.48. The highest BCUT2D eigenvalue weighted by molar-refractivity contribution is 6.43. The van der Waals surface area contributed by atoms with Crippen molar-refractivity contribution in [3.8, 4) is 23.0 Å². The smallest absolute Gasteiger partial charge is 0.314 e. The molecular formula is C18H20N2O6. The summed E-state index contributed by atoms with van der Waals surface area (Å²) < 4.78 is 20.7. The molecule has 0 aromatic heterocycles. The van der Waals surface area contributed by atoms with Gasteiger partial charge < -0.3 is 29.6 Å². The summed E-state index contributed by atoms with van der Waals surface area (Å²) >= 11 is 0. The molecule has 0 fully saturated rings. The van der Waals surface area contributed by atoms with Crippen LogP contribution in [0.1, 0.15) is 0 Å². The lowest BCUT2D eigenvalue weighted by atomic mass is 10.2. The molecule has 2 amide bonds. The number of hydrogen-bond acceptors (Lipinski definition) is 6. The third-order valence-electron chi connectivity index (χ3n) is 3.48. The van der Waals surface area contributed by atoms with Gasteiger partial charge in [-0.2, -0.15) is 0 Å². The minimum atomic E-state index is -0.838. The van der Waals surface area contributed by atoms with Crippen molar-refractivity contribution < 1.29 is 28.5 Å². The molecule has 0 heterocycles. The predicted octanol–water partition coefficient (Wildman–Crippen LogP) is 2.30. The van der Waals surface area contributed by atoms with E-state index in [1.54, 1.807) is 31.4 Å². The molecule has 0 aliphatic carbocycles. The van der Waals surface area contributed by atoms with Crippen molar-refractivity contribution in [1.29, 1.82) is 0 Å². The highest BCUT2D eigenvalue weighted by Crippen LogP contribution is 2.39. The van der Waals surface area contributed by atoms with Crippen LogP contribution in [0.3, 0.4) is 0 Å². The number of amides is 2. The molecule has 8 nitrogen and oxygen atoms in total. The van der Waals surface area contributed by atoms with E-state index in [0.717, 1.165) is 0 Å². The van der Waals surface area contributed by atoms with Crippen LogP contribution in [-0.4, -0.2) is 40.3 Å². The number of rotatable bonds is 6. The normalized spacial score (nSPS) is 9.85. The molecule has 0 unspecified atom stereocenters. The number of methoxy groups -OCH3 is 4. The van der Waals surface area contributed by atoms with Crippen molar-refractivity contribution in [2.75, 3.05) is 39.1 Å². The van der Waals surface area contributed by atoms with E-state index in [-0.39, 0.29) is 0 Å². The van der Waals surface area contributed by atoms with Gasteiger partial charge in [0.25, 0.3) is 0 Å². The van der Waals surface area contributed by atoms with E-state index in [1.807, 2.05) is 0 Å². The van der Waals surface area contributed by atoms with Crippen LogP contribution in [0, 0.1) is 0 Å². The summed E-state index contributed by atoms with van der Waals surface area (Å²) in [6.07, 6.45) is 0. The molecule has 0 spiro atoms. The molecular weight excluding hydrogens is 340 g/mol. The minimum absolute atomic E-state index is 0.328.